The highest BCUT2D eigenvalue weighted by Crippen LogP contribution is 2.32. The van der Waals surface area contributed by atoms with E-state index in [1.54, 1.807) is 22.1 Å². The van der Waals surface area contributed by atoms with Crippen LogP contribution in [0.2, 0.25) is 0 Å². The number of aromatic nitrogens is 3. The zero-order valence-electron chi connectivity index (χ0n) is 15.4. The molecule has 0 N–H and O–H groups in total. The van der Waals surface area contributed by atoms with E-state index >= 15 is 0 Å². The number of anilines is 1. The molecule has 0 unspecified atom stereocenters. The van der Waals surface area contributed by atoms with Gasteiger partial charge in [-0.15, -0.1) is 0 Å². The molecule has 0 atom stereocenters. The lowest BCUT2D eigenvalue weighted by molar-refractivity contribution is 0.0740. The highest BCUT2D eigenvalue weighted by Gasteiger charge is 2.25. The molecule has 26 heavy (non-hydrogen) atoms. The van der Waals surface area contributed by atoms with Gasteiger partial charge in [-0.25, -0.2) is 4.98 Å². The second kappa shape index (κ2) is 6.72. The van der Waals surface area contributed by atoms with E-state index in [1.807, 2.05) is 18.0 Å². The summed E-state index contributed by atoms with van der Waals surface area (Å²) < 4.78 is 3.02. The van der Waals surface area contributed by atoms with Crippen molar-refractivity contribution in [1.29, 1.82) is 0 Å². The van der Waals surface area contributed by atoms with Crippen LogP contribution in [0.1, 0.15) is 28.5 Å². The molecular weight excluding hydrogens is 346 g/mol. The molecule has 0 saturated carbocycles. The number of fused-ring (bicyclic) bond motifs is 1. The van der Waals surface area contributed by atoms with Gasteiger partial charge in [-0.1, -0.05) is 17.4 Å². The number of thiazole rings is 1. The first-order valence-corrected chi connectivity index (χ1v) is 9.83. The minimum Gasteiger partial charge on any atom is -0.345 e. The Morgan fingerprint density at radius 3 is 2.62 bits per heavy atom. The summed E-state index contributed by atoms with van der Waals surface area (Å²) in [6.07, 6.45) is 1.86. The molecule has 4 rings (SSSR count). The first-order valence-electron chi connectivity index (χ1n) is 9.01. The summed E-state index contributed by atoms with van der Waals surface area (Å²) in [6, 6.07) is 6.12. The third kappa shape index (κ3) is 2.96. The summed E-state index contributed by atoms with van der Waals surface area (Å²) >= 11 is 1.73. The highest BCUT2D eigenvalue weighted by molar-refractivity contribution is 7.22. The Bertz CT molecular complexity index is 952. The third-order valence-electron chi connectivity index (χ3n) is 5.09. The molecule has 2 aromatic heterocycles. The summed E-state index contributed by atoms with van der Waals surface area (Å²) in [5, 5.41) is 5.38. The number of carbonyl (C=O) groups excluding carboxylic acids is 1. The number of amides is 1. The smallest absolute Gasteiger partial charge is 0.274 e. The maximum absolute atomic E-state index is 12.6. The van der Waals surface area contributed by atoms with Gasteiger partial charge in [-0.05, 0) is 44.0 Å². The second-order valence-electron chi connectivity index (χ2n) is 6.69. The van der Waals surface area contributed by atoms with Crippen LogP contribution in [0.5, 0.6) is 0 Å². The number of benzene rings is 1. The summed E-state index contributed by atoms with van der Waals surface area (Å²) in [5.74, 6) is 0.0209. The standard InChI is InChI=1S/C19H23N5OS/c1-4-24-8-7-15(21-24)18(25)22-9-11-23(12-10-22)19-20-17-14(3)13(2)5-6-16(17)26-19/h5-8H,4,9-12H2,1-3H3. The van der Waals surface area contributed by atoms with Crippen LogP contribution in [-0.4, -0.2) is 51.8 Å². The average Bonchev–Trinajstić information content (AvgIpc) is 3.31. The van der Waals surface area contributed by atoms with E-state index in [2.05, 4.69) is 36.0 Å². The fraction of sp³-hybridized carbons (Fsp3) is 0.421. The van der Waals surface area contributed by atoms with Crippen molar-refractivity contribution in [3.8, 4) is 0 Å². The Balaban J connectivity index is 1.46. The fourth-order valence-corrected chi connectivity index (χ4v) is 4.34. The largest absolute Gasteiger partial charge is 0.345 e. The van der Waals surface area contributed by atoms with Crippen LogP contribution in [0.4, 0.5) is 5.13 Å². The fourth-order valence-electron chi connectivity index (χ4n) is 3.26. The van der Waals surface area contributed by atoms with E-state index in [0.29, 0.717) is 18.8 Å². The van der Waals surface area contributed by atoms with Crippen molar-refractivity contribution >= 4 is 32.6 Å². The van der Waals surface area contributed by atoms with Crippen molar-refractivity contribution in [2.24, 2.45) is 0 Å². The van der Waals surface area contributed by atoms with Crippen LogP contribution in [0.3, 0.4) is 0 Å². The summed E-state index contributed by atoms with van der Waals surface area (Å²) in [7, 11) is 0. The van der Waals surface area contributed by atoms with Gasteiger partial charge in [0.25, 0.3) is 5.91 Å². The zero-order valence-corrected chi connectivity index (χ0v) is 16.2. The molecule has 1 aliphatic heterocycles. The molecular formula is C19H23N5OS. The number of piperazine rings is 1. The maximum atomic E-state index is 12.6. The molecule has 1 fully saturated rings. The van der Waals surface area contributed by atoms with Crippen LogP contribution < -0.4 is 4.90 Å². The van der Waals surface area contributed by atoms with E-state index in [4.69, 9.17) is 4.98 Å². The molecule has 3 heterocycles. The van der Waals surface area contributed by atoms with E-state index in [1.165, 1.54) is 15.8 Å². The predicted octanol–water partition coefficient (Wildman–Crippen LogP) is 3.09. The number of aryl methyl sites for hydroxylation is 3. The van der Waals surface area contributed by atoms with E-state index in [9.17, 15) is 4.79 Å². The summed E-state index contributed by atoms with van der Waals surface area (Å²) in [6.45, 7) is 10.1. The van der Waals surface area contributed by atoms with Crippen LogP contribution >= 0.6 is 11.3 Å². The van der Waals surface area contributed by atoms with Gasteiger partial charge in [0.15, 0.2) is 5.13 Å². The molecule has 7 heteroatoms. The highest BCUT2D eigenvalue weighted by atomic mass is 32.1. The zero-order chi connectivity index (χ0) is 18.3. The Kier molecular flexibility index (Phi) is 4.40. The van der Waals surface area contributed by atoms with Crippen LogP contribution in [0, 0.1) is 13.8 Å². The lowest BCUT2D eigenvalue weighted by atomic mass is 10.1. The Morgan fingerprint density at radius 1 is 1.15 bits per heavy atom. The van der Waals surface area contributed by atoms with Crippen molar-refractivity contribution in [3.05, 3.63) is 41.2 Å². The minimum absolute atomic E-state index is 0.0209. The number of hydrogen-bond acceptors (Lipinski definition) is 5. The molecule has 0 aliphatic carbocycles. The summed E-state index contributed by atoms with van der Waals surface area (Å²) in [5.41, 5.74) is 4.17. The molecule has 3 aromatic rings. The van der Waals surface area contributed by atoms with Gasteiger partial charge in [0.1, 0.15) is 5.69 Å². The van der Waals surface area contributed by atoms with Gasteiger partial charge in [0.2, 0.25) is 0 Å². The quantitative estimate of drug-likeness (QED) is 0.712. The molecule has 1 aliphatic rings. The predicted molar refractivity (Wildman–Crippen MR) is 105 cm³/mol. The van der Waals surface area contributed by atoms with Crippen LogP contribution in [0.25, 0.3) is 10.2 Å². The minimum atomic E-state index is 0.0209. The normalized spacial score (nSPS) is 15.0. The van der Waals surface area contributed by atoms with Gasteiger partial charge >= 0.3 is 0 Å². The molecule has 1 saturated heterocycles. The lowest BCUT2D eigenvalue weighted by Gasteiger charge is -2.34. The van der Waals surface area contributed by atoms with Crippen molar-refractivity contribution < 1.29 is 4.79 Å². The van der Waals surface area contributed by atoms with Gasteiger partial charge in [-0.3, -0.25) is 9.48 Å². The van der Waals surface area contributed by atoms with Crippen molar-refractivity contribution in [1.82, 2.24) is 19.7 Å². The Morgan fingerprint density at radius 2 is 1.92 bits per heavy atom. The topological polar surface area (TPSA) is 54.3 Å². The first kappa shape index (κ1) is 17.0. The molecule has 0 spiro atoms. The molecule has 0 radical (unpaired) electrons. The maximum Gasteiger partial charge on any atom is 0.274 e. The van der Waals surface area contributed by atoms with E-state index in [-0.39, 0.29) is 5.91 Å². The van der Waals surface area contributed by atoms with Gasteiger partial charge < -0.3 is 9.80 Å². The summed E-state index contributed by atoms with van der Waals surface area (Å²) in [4.78, 5) is 21.7. The number of carbonyl (C=O) groups is 1. The first-order chi connectivity index (χ1) is 12.6. The van der Waals surface area contributed by atoms with Gasteiger partial charge in [0, 0.05) is 38.9 Å². The lowest BCUT2D eigenvalue weighted by Crippen LogP contribution is -2.48. The third-order valence-corrected chi connectivity index (χ3v) is 6.18. The molecule has 1 amide bonds. The van der Waals surface area contributed by atoms with E-state index < -0.39 is 0 Å². The number of hydrogen-bond donors (Lipinski definition) is 0. The Hall–Kier alpha value is -2.41. The average molecular weight is 369 g/mol. The SMILES string of the molecule is CCn1ccc(C(=O)N2CCN(c3nc4c(C)c(C)ccc4s3)CC2)n1. The number of rotatable bonds is 3. The second-order valence-corrected chi connectivity index (χ2v) is 7.70. The van der Waals surface area contributed by atoms with Crippen LogP contribution in [-0.2, 0) is 6.54 Å². The Labute approximate surface area is 157 Å². The molecule has 0 bridgehead atoms. The van der Waals surface area contributed by atoms with Crippen molar-refractivity contribution in [2.45, 2.75) is 27.3 Å². The number of nitrogens with zero attached hydrogens (tertiary/aromatic N) is 5. The van der Waals surface area contributed by atoms with E-state index in [0.717, 1.165) is 30.3 Å². The monoisotopic (exact) mass is 369 g/mol. The van der Waals surface area contributed by atoms with Crippen molar-refractivity contribution in [2.75, 3.05) is 31.1 Å². The van der Waals surface area contributed by atoms with Gasteiger partial charge in [-0.2, -0.15) is 5.10 Å². The van der Waals surface area contributed by atoms with Crippen molar-refractivity contribution in [3.63, 3.8) is 0 Å². The van der Waals surface area contributed by atoms with Crippen LogP contribution in [0.15, 0.2) is 24.4 Å². The molecule has 136 valence electrons. The molecule has 6 nitrogen and oxygen atoms in total. The molecule has 1 aromatic carbocycles. The van der Waals surface area contributed by atoms with Gasteiger partial charge in [0.05, 0.1) is 10.2 Å².